The van der Waals surface area contributed by atoms with Crippen molar-refractivity contribution in [3.63, 3.8) is 0 Å². The van der Waals surface area contributed by atoms with Gasteiger partial charge in [0.2, 0.25) is 0 Å². The van der Waals surface area contributed by atoms with Crippen LogP contribution in [0.25, 0.3) is 0 Å². The summed E-state index contributed by atoms with van der Waals surface area (Å²) >= 11 is 5.94. The Morgan fingerprint density at radius 3 is 2.44 bits per heavy atom. The summed E-state index contributed by atoms with van der Waals surface area (Å²) in [6.45, 7) is 7.80. The number of hydrogen-bond acceptors (Lipinski definition) is 6. The number of benzene rings is 1. The summed E-state index contributed by atoms with van der Waals surface area (Å²) in [4.78, 5) is 14.2. The van der Waals surface area contributed by atoms with Crippen LogP contribution in [0.1, 0.15) is 34.1 Å². The Balaban J connectivity index is 1.50. The Kier molecular flexibility index (Phi) is 5.93. The van der Waals surface area contributed by atoms with Crippen LogP contribution >= 0.6 is 11.6 Å². The Morgan fingerprint density at radius 1 is 1.17 bits per heavy atom. The van der Waals surface area contributed by atoms with Gasteiger partial charge in [-0.1, -0.05) is 44.5 Å². The van der Waals surface area contributed by atoms with Crippen molar-refractivity contribution in [2.45, 2.75) is 58.0 Å². The first-order chi connectivity index (χ1) is 16.8. The summed E-state index contributed by atoms with van der Waals surface area (Å²) in [7, 11) is 1.57. The highest BCUT2D eigenvalue weighted by molar-refractivity contribution is 6.30. The first-order valence-corrected chi connectivity index (χ1v) is 13.0. The number of nitrogens with zero attached hydrogens (tertiary/aromatic N) is 1. The monoisotopic (exact) mass is 517 g/mol. The summed E-state index contributed by atoms with van der Waals surface area (Å²) in [6, 6.07) is 6.73. The molecular formula is C28H36ClNO6. The van der Waals surface area contributed by atoms with Gasteiger partial charge in [0.05, 0.1) is 11.5 Å². The average molecular weight is 518 g/mol. The fourth-order valence-electron chi connectivity index (χ4n) is 7.74. The molecule has 0 radical (unpaired) electrons. The molecule has 0 aliphatic heterocycles. The zero-order valence-electron chi connectivity index (χ0n) is 21.4. The molecule has 5 rings (SSSR count). The molecule has 4 aliphatic carbocycles. The van der Waals surface area contributed by atoms with Gasteiger partial charge < -0.3 is 25.2 Å². The van der Waals surface area contributed by atoms with Crippen molar-refractivity contribution >= 4 is 23.4 Å². The van der Waals surface area contributed by atoms with Crippen molar-refractivity contribution < 1.29 is 30.0 Å². The third-order valence-corrected chi connectivity index (χ3v) is 10.1. The largest absolute Gasteiger partial charge is 0.445 e. The van der Waals surface area contributed by atoms with Gasteiger partial charge in [-0.15, -0.1) is 0 Å². The van der Waals surface area contributed by atoms with Crippen molar-refractivity contribution in [3.8, 4) is 0 Å². The fourth-order valence-corrected chi connectivity index (χ4v) is 7.86. The summed E-state index contributed by atoms with van der Waals surface area (Å²) in [6.07, 6.45) is -0.184. The van der Waals surface area contributed by atoms with Gasteiger partial charge in [0.1, 0.15) is 24.4 Å². The molecule has 196 valence electrons. The second kappa shape index (κ2) is 8.30. The lowest BCUT2D eigenvalue weighted by atomic mass is 9.58. The number of halogens is 1. The van der Waals surface area contributed by atoms with Crippen molar-refractivity contribution in [1.82, 2.24) is 0 Å². The first-order valence-electron chi connectivity index (χ1n) is 12.6. The van der Waals surface area contributed by atoms with E-state index in [1.165, 1.54) is 4.90 Å². The van der Waals surface area contributed by atoms with Gasteiger partial charge in [0.15, 0.2) is 0 Å². The Hall–Kier alpha value is -1.90. The molecule has 7 nitrogen and oxygen atoms in total. The number of ether oxygens (including phenoxy) is 1. The number of aliphatic hydroxyl groups is 4. The molecule has 2 saturated carbocycles. The van der Waals surface area contributed by atoms with Gasteiger partial charge in [-0.2, -0.15) is 0 Å². The van der Waals surface area contributed by atoms with E-state index in [2.05, 4.69) is 13.8 Å². The Labute approximate surface area is 217 Å². The van der Waals surface area contributed by atoms with Crippen LogP contribution in [0, 0.1) is 34.5 Å². The number of rotatable bonds is 3. The first kappa shape index (κ1) is 25.7. The van der Waals surface area contributed by atoms with E-state index < -0.39 is 35.4 Å². The maximum atomic E-state index is 12.9. The van der Waals surface area contributed by atoms with Crippen LogP contribution in [0.3, 0.4) is 0 Å². The predicted molar refractivity (Wildman–Crippen MR) is 136 cm³/mol. The fraction of sp³-hybridized carbons (Fsp3) is 0.607. The number of carbonyl (C=O) groups is 1. The van der Waals surface area contributed by atoms with Crippen LogP contribution in [0.5, 0.6) is 0 Å². The van der Waals surface area contributed by atoms with Crippen LogP contribution < -0.4 is 4.90 Å². The molecule has 1 amide bonds. The zero-order valence-corrected chi connectivity index (χ0v) is 22.1. The predicted octanol–water partition coefficient (Wildman–Crippen LogP) is 3.54. The number of amides is 1. The second-order valence-electron chi connectivity index (χ2n) is 11.9. The van der Waals surface area contributed by atoms with E-state index in [-0.39, 0.29) is 29.8 Å². The van der Waals surface area contributed by atoms with Crippen LogP contribution in [-0.2, 0) is 4.74 Å². The third-order valence-electron chi connectivity index (χ3n) is 9.86. The topological polar surface area (TPSA) is 110 Å². The van der Waals surface area contributed by atoms with Crippen LogP contribution in [0.15, 0.2) is 47.6 Å². The van der Waals surface area contributed by atoms with Crippen LogP contribution in [0.4, 0.5) is 10.5 Å². The lowest BCUT2D eigenvalue weighted by Gasteiger charge is -2.51. The average Bonchev–Trinajstić information content (AvgIpc) is 3.34. The van der Waals surface area contributed by atoms with Crippen LogP contribution in [0.2, 0.25) is 5.02 Å². The smallest absolute Gasteiger partial charge is 0.414 e. The molecular weight excluding hydrogens is 482 g/mol. The van der Waals surface area contributed by atoms with Crippen molar-refractivity contribution in [1.29, 1.82) is 0 Å². The lowest BCUT2D eigenvalue weighted by Crippen LogP contribution is -2.66. The number of hydrogen-bond donors (Lipinski definition) is 4. The molecule has 4 aliphatic rings. The van der Waals surface area contributed by atoms with Gasteiger partial charge in [-0.25, -0.2) is 4.79 Å². The molecule has 2 fully saturated rings. The van der Waals surface area contributed by atoms with E-state index in [1.54, 1.807) is 50.4 Å². The van der Waals surface area contributed by atoms with Crippen LogP contribution in [-0.4, -0.2) is 64.1 Å². The molecule has 2 bridgehead atoms. The summed E-state index contributed by atoms with van der Waals surface area (Å²) in [5.41, 5.74) is -1.88. The molecule has 1 spiro atoms. The zero-order chi connectivity index (χ0) is 26.4. The molecule has 9 atom stereocenters. The number of aliphatic hydroxyl groups excluding tert-OH is 3. The van der Waals surface area contributed by atoms with E-state index in [0.29, 0.717) is 27.8 Å². The van der Waals surface area contributed by atoms with Gasteiger partial charge in [0.25, 0.3) is 0 Å². The highest BCUT2D eigenvalue weighted by Gasteiger charge is 2.75. The minimum absolute atomic E-state index is 0.00199. The molecule has 4 N–H and O–H groups in total. The summed E-state index contributed by atoms with van der Waals surface area (Å²) in [5.74, 6) is -0.0631. The van der Waals surface area contributed by atoms with Crippen molar-refractivity contribution in [2.24, 2.45) is 34.5 Å². The van der Waals surface area contributed by atoms with E-state index in [4.69, 9.17) is 16.3 Å². The number of fused-ring (bicyclic) bond motifs is 3. The van der Waals surface area contributed by atoms with E-state index in [1.807, 2.05) is 6.92 Å². The van der Waals surface area contributed by atoms with Crippen molar-refractivity contribution in [3.05, 3.63) is 52.6 Å². The molecule has 0 aromatic heterocycles. The minimum atomic E-state index is -2.05. The minimum Gasteiger partial charge on any atom is -0.445 e. The summed E-state index contributed by atoms with van der Waals surface area (Å²) < 4.78 is 5.58. The standard InChI is InChI=1S/C28H36ClNO6/c1-14-12-27-15(2)10-20-21(26(20,3)4)19(24(27)33)11-16(23(32)28(27,35)22(14)31)13-36-25(34)30(5)18-8-6-17(29)7-9-18/h6-9,11-12,15,19-24,31-33,35H,10,13H2,1-5H3/t15-,19+,20-,21+,22+,23-,24?,27+,28-/m1/s1. The molecule has 0 saturated heterocycles. The summed E-state index contributed by atoms with van der Waals surface area (Å²) in [5, 5.41) is 47.4. The van der Waals surface area contributed by atoms with Gasteiger partial charge in [0, 0.05) is 23.7 Å². The molecule has 1 aromatic carbocycles. The molecule has 1 unspecified atom stereocenters. The van der Waals surface area contributed by atoms with Gasteiger partial charge in [-0.05, 0) is 71.9 Å². The third kappa shape index (κ3) is 3.29. The Morgan fingerprint density at radius 2 is 1.81 bits per heavy atom. The van der Waals surface area contributed by atoms with E-state index in [9.17, 15) is 25.2 Å². The molecule has 1 aromatic rings. The lowest BCUT2D eigenvalue weighted by molar-refractivity contribution is -0.215. The number of carbonyl (C=O) groups excluding carboxylic acids is 1. The van der Waals surface area contributed by atoms with Gasteiger partial charge in [-0.3, -0.25) is 4.90 Å². The quantitative estimate of drug-likeness (QED) is 0.456. The Bertz CT molecular complexity index is 1130. The second-order valence-corrected chi connectivity index (χ2v) is 12.3. The maximum Gasteiger partial charge on any atom is 0.414 e. The molecule has 36 heavy (non-hydrogen) atoms. The van der Waals surface area contributed by atoms with E-state index >= 15 is 0 Å². The number of anilines is 1. The van der Waals surface area contributed by atoms with Crippen molar-refractivity contribution in [2.75, 3.05) is 18.6 Å². The highest BCUT2D eigenvalue weighted by atomic mass is 35.5. The van der Waals surface area contributed by atoms with Gasteiger partial charge >= 0.3 is 6.09 Å². The molecule has 0 heterocycles. The molecule has 8 heteroatoms. The maximum absolute atomic E-state index is 12.9. The highest BCUT2D eigenvalue weighted by Crippen LogP contribution is 2.72. The van der Waals surface area contributed by atoms with E-state index in [0.717, 1.165) is 6.42 Å². The normalized spacial score (nSPS) is 42.2. The SMILES string of the molecule is CC1=C[C@]23C(O)[C@@H](C=C(COC(=O)N(C)c4ccc(Cl)cc4)[C@@H](O)[C@]2(O)[C@H]1O)[C@H]1[C@@H](C[C@H]3C)C1(C)C.